The molecular formula is C13H21F2N3. The molecule has 0 unspecified atom stereocenters. The number of pyridine rings is 1. The zero-order chi connectivity index (χ0) is 13.7. The predicted molar refractivity (Wildman–Crippen MR) is 70.2 cm³/mol. The molecule has 0 aromatic carbocycles. The van der Waals surface area contributed by atoms with Crippen LogP contribution in [0, 0.1) is 6.92 Å². The van der Waals surface area contributed by atoms with Crippen LogP contribution in [0.5, 0.6) is 0 Å². The first-order chi connectivity index (χ1) is 8.40. The molecule has 1 aromatic rings. The van der Waals surface area contributed by atoms with Gasteiger partial charge in [0, 0.05) is 25.3 Å². The maximum Gasteiger partial charge on any atom is 0.255 e. The summed E-state index contributed by atoms with van der Waals surface area (Å²) in [6.07, 6.45) is -2.35. The van der Waals surface area contributed by atoms with Gasteiger partial charge < -0.3 is 10.2 Å². The molecule has 0 aliphatic rings. The van der Waals surface area contributed by atoms with Gasteiger partial charge in [-0.25, -0.2) is 13.8 Å². The molecule has 0 saturated heterocycles. The predicted octanol–water partition coefficient (Wildman–Crippen LogP) is 2.59. The molecule has 0 saturated carbocycles. The highest BCUT2D eigenvalue weighted by Gasteiger charge is 2.11. The van der Waals surface area contributed by atoms with E-state index >= 15 is 0 Å². The van der Waals surface area contributed by atoms with Gasteiger partial charge in [0.15, 0.2) is 0 Å². The Morgan fingerprint density at radius 3 is 2.50 bits per heavy atom. The first-order valence-electron chi connectivity index (χ1n) is 6.09. The van der Waals surface area contributed by atoms with Crippen molar-refractivity contribution in [3.63, 3.8) is 0 Å². The van der Waals surface area contributed by atoms with Crippen molar-refractivity contribution in [2.24, 2.45) is 0 Å². The number of aromatic nitrogens is 1. The third-order valence-electron chi connectivity index (χ3n) is 2.68. The molecule has 1 aromatic heterocycles. The van der Waals surface area contributed by atoms with Gasteiger partial charge in [0.2, 0.25) is 0 Å². The Bertz CT molecular complexity index is 380. The lowest BCUT2D eigenvalue weighted by Gasteiger charge is -2.19. The SMILES string of the molecule is Cc1nc(N(C)CC(F)F)ccc1CNC(C)C. The number of halogens is 2. The molecule has 0 aliphatic carbocycles. The minimum Gasteiger partial charge on any atom is -0.354 e. The highest BCUT2D eigenvalue weighted by molar-refractivity contribution is 5.40. The fourth-order valence-corrected chi connectivity index (χ4v) is 1.59. The Labute approximate surface area is 107 Å². The largest absolute Gasteiger partial charge is 0.354 e. The van der Waals surface area contributed by atoms with Crippen LogP contribution in [0.2, 0.25) is 0 Å². The minimum atomic E-state index is -2.35. The molecule has 5 heteroatoms. The molecule has 0 aliphatic heterocycles. The van der Waals surface area contributed by atoms with Gasteiger partial charge in [0.05, 0.1) is 6.54 Å². The van der Waals surface area contributed by atoms with Crippen LogP contribution in [0.4, 0.5) is 14.6 Å². The van der Waals surface area contributed by atoms with E-state index in [2.05, 4.69) is 24.1 Å². The normalized spacial score (nSPS) is 11.3. The number of nitrogens with zero attached hydrogens (tertiary/aromatic N) is 2. The number of hydrogen-bond donors (Lipinski definition) is 1. The Kier molecular flexibility index (Phi) is 5.47. The van der Waals surface area contributed by atoms with Gasteiger partial charge in [0.25, 0.3) is 6.43 Å². The van der Waals surface area contributed by atoms with Crippen LogP contribution in [0.3, 0.4) is 0 Å². The van der Waals surface area contributed by atoms with Crippen molar-refractivity contribution in [2.45, 2.75) is 39.8 Å². The number of aryl methyl sites for hydroxylation is 1. The van der Waals surface area contributed by atoms with Crippen molar-refractivity contribution in [1.29, 1.82) is 0 Å². The number of alkyl halides is 2. The van der Waals surface area contributed by atoms with Crippen LogP contribution in [0.15, 0.2) is 12.1 Å². The fourth-order valence-electron chi connectivity index (χ4n) is 1.59. The van der Waals surface area contributed by atoms with E-state index in [1.54, 1.807) is 13.1 Å². The van der Waals surface area contributed by atoms with Crippen LogP contribution in [0.25, 0.3) is 0 Å². The van der Waals surface area contributed by atoms with Gasteiger partial charge in [-0.15, -0.1) is 0 Å². The van der Waals surface area contributed by atoms with Gasteiger partial charge in [0.1, 0.15) is 5.82 Å². The lowest BCUT2D eigenvalue weighted by Crippen LogP contribution is -2.26. The lowest BCUT2D eigenvalue weighted by atomic mass is 10.2. The highest BCUT2D eigenvalue weighted by atomic mass is 19.3. The van der Waals surface area contributed by atoms with E-state index in [-0.39, 0.29) is 6.54 Å². The van der Waals surface area contributed by atoms with E-state index in [4.69, 9.17) is 0 Å². The standard InChI is InChI=1S/C13H21F2N3/c1-9(2)16-7-11-5-6-13(17-10(11)3)18(4)8-12(14)15/h5-6,9,12,16H,7-8H2,1-4H3. The summed E-state index contributed by atoms with van der Waals surface area (Å²) in [6.45, 7) is 6.50. The van der Waals surface area contributed by atoms with Crippen molar-refractivity contribution in [3.8, 4) is 0 Å². The van der Waals surface area contributed by atoms with Crippen LogP contribution < -0.4 is 10.2 Å². The summed E-state index contributed by atoms with van der Waals surface area (Å²) < 4.78 is 24.6. The molecule has 0 spiro atoms. The summed E-state index contributed by atoms with van der Waals surface area (Å²) in [6, 6.07) is 4.13. The van der Waals surface area contributed by atoms with Crippen molar-refractivity contribution >= 4 is 5.82 Å². The van der Waals surface area contributed by atoms with Gasteiger partial charge >= 0.3 is 0 Å². The molecule has 0 bridgehead atoms. The maximum atomic E-state index is 12.3. The Hall–Kier alpha value is -1.23. The second kappa shape index (κ2) is 6.64. The van der Waals surface area contributed by atoms with Crippen LogP contribution >= 0.6 is 0 Å². The molecule has 102 valence electrons. The minimum absolute atomic E-state index is 0.296. The van der Waals surface area contributed by atoms with Crippen molar-refractivity contribution < 1.29 is 8.78 Å². The molecule has 0 amide bonds. The summed E-state index contributed by atoms with van der Waals surface area (Å²) >= 11 is 0. The number of rotatable bonds is 6. The molecule has 0 radical (unpaired) electrons. The van der Waals surface area contributed by atoms with Crippen molar-refractivity contribution in [3.05, 3.63) is 23.4 Å². The first-order valence-corrected chi connectivity index (χ1v) is 6.09. The smallest absolute Gasteiger partial charge is 0.255 e. The second-order valence-corrected chi connectivity index (χ2v) is 4.72. The summed E-state index contributed by atoms with van der Waals surface area (Å²) in [5, 5.41) is 3.31. The monoisotopic (exact) mass is 257 g/mol. The summed E-state index contributed by atoms with van der Waals surface area (Å²) in [5.74, 6) is 0.584. The summed E-state index contributed by atoms with van der Waals surface area (Å²) in [5.41, 5.74) is 1.97. The van der Waals surface area contributed by atoms with Crippen LogP contribution in [-0.4, -0.2) is 31.0 Å². The number of hydrogen-bond acceptors (Lipinski definition) is 3. The fraction of sp³-hybridized carbons (Fsp3) is 0.615. The van der Waals surface area contributed by atoms with Crippen LogP contribution in [0.1, 0.15) is 25.1 Å². The summed E-state index contributed by atoms with van der Waals surface area (Å²) in [4.78, 5) is 5.83. The quantitative estimate of drug-likeness (QED) is 0.849. The van der Waals surface area contributed by atoms with E-state index < -0.39 is 6.43 Å². The molecule has 1 rings (SSSR count). The second-order valence-electron chi connectivity index (χ2n) is 4.72. The third kappa shape index (κ3) is 4.56. The average molecular weight is 257 g/mol. The van der Waals surface area contributed by atoms with Gasteiger partial charge in [-0.1, -0.05) is 19.9 Å². The maximum absolute atomic E-state index is 12.3. The highest BCUT2D eigenvalue weighted by Crippen LogP contribution is 2.14. The van der Waals surface area contributed by atoms with Gasteiger partial charge in [-0.05, 0) is 18.6 Å². The van der Waals surface area contributed by atoms with Gasteiger partial charge in [-0.2, -0.15) is 0 Å². The molecule has 1 N–H and O–H groups in total. The topological polar surface area (TPSA) is 28.2 Å². The number of nitrogens with one attached hydrogen (secondary N) is 1. The van der Waals surface area contributed by atoms with Crippen molar-refractivity contribution in [1.82, 2.24) is 10.3 Å². The Morgan fingerprint density at radius 1 is 1.33 bits per heavy atom. The summed E-state index contributed by atoms with van der Waals surface area (Å²) in [7, 11) is 1.62. The first kappa shape index (κ1) is 14.8. The molecule has 18 heavy (non-hydrogen) atoms. The van der Waals surface area contributed by atoms with E-state index in [0.29, 0.717) is 11.9 Å². The van der Waals surface area contributed by atoms with E-state index in [1.807, 2.05) is 13.0 Å². The van der Waals surface area contributed by atoms with Gasteiger partial charge in [-0.3, -0.25) is 0 Å². The van der Waals surface area contributed by atoms with Crippen LogP contribution in [-0.2, 0) is 6.54 Å². The third-order valence-corrected chi connectivity index (χ3v) is 2.68. The van der Waals surface area contributed by atoms with E-state index in [1.165, 1.54) is 4.90 Å². The van der Waals surface area contributed by atoms with E-state index in [9.17, 15) is 8.78 Å². The average Bonchev–Trinajstić information content (AvgIpc) is 2.26. The Balaban J connectivity index is 2.72. The molecule has 0 fully saturated rings. The zero-order valence-corrected chi connectivity index (χ0v) is 11.4. The molecule has 1 heterocycles. The molecule has 0 atom stereocenters. The van der Waals surface area contributed by atoms with E-state index in [0.717, 1.165) is 17.8 Å². The molecule has 3 nitrogen and oxygen atoms in total. The van der Waals surface area contributed by atoms with Crippen molar-refractivity contribution in [2.75, 3.05) is 18.5 Å². The molecular weight excluding hydrogens is 236 g/mol. The Morgan fingerprint density at radius 2 is 2.00 bits per heavy atom. The lowest BCUT2D eigenvalue weighted by molar-refractivity contribution is 0.156. The zero-order valence-electron chi connectivity index (χ0n) is 11.4. The number of anilines is 1.